The number of alkyl halides is 3. The molecule has 0 atom stereocenters. The van der Waals surface area contributed by atoms with Crippen LogP contribution >= 0.6 is 0 Å². The van der Waals surface area contributed by atoms with Crippen LogP contribution in [0, 0.1) is 0 Å². The van der Waals surface area contributed by atoms with Gasteiger partial charge in [0.25, 0.3) is 0 Å². The fourth-order valence-electron chi connectivity index (χ4n) is 3.10. The third kappa shape index (κ3) is 3.04. The lowest BCUT2D eigenvalue weighted by atomic mass is 10.1. The average molecular weight is 347 g/mol. The molecule has 0 amide bonds. The van der Waals surface area contributed by atoms with Gasteiger partial charge in [0, 0.05) is 13.1 Å². The smallest absolute Gasteiger partial charge is 0.355 e. The van der Waals surface area contributed by atoms with Crippen LogP contribution in [0.3, 0.4) is 0 Å². The quantitative estimate of drug-likeness (QED) is 0.707. The first kappa shape index (κ1) is 15.9. The fraction of sp³-hybridized carbons (Fsp3) is 0.353. The predicted octanol–water partition coefficient (Wildman–Crippen LogP) is 3.82. The summed E-state index contributed by atoms with van der Waals surface area (Å²) in [7, 11) is 0. The summed E-state index contributed by atoms with van der Waals surface area (Å²) >= 11 is 0. The van der Waals surface area contributed by atoms with Crippen molar-refractivity contribution in [3.8, 4) is 5.69 Å². The van der Waals surface area contributed by atoms with Crippen LogP contribution < -0.4 is 4.90 Å². The number of rotatable bonds is 2. The molecule has 1 fully saturated rings. The molecule has 1 aromatic carbocycles. The van der Waals surface area contributed by atoms with Crippen LogP contribution in [0.5, 0.6) is 0 Å². The Kier molecular flexibility index (Phi) is 3.82. The van der Waals surface area contributed by atoms with Crippen molar-refractivity contribution in [3.63, 3.8) is 0 Å². The fourth-order valence-corrected chi connectivity index (χ4v) is 3.10. The Balaban J connectivity index is 1.71. The minimum absolute atomic E-state index is 0.551. The lowest BCUT2D eigenvalue weighted by Crippen LogP contribution is -2.30. The molecule has 0 radical (unpaired) electrons. The number of piperidine rings is 1. The van der Waals surface area contributed by atoms with E-state index < -0.39 is 11.7 Å². The molecule has 1 aliphatic heterocycles. The van der Waals surface area contributed by atoms with Crippen molar-refractivity contribution < 1.29 is 13.2 Å². The molecule has 0 aliphatic carbocycles. The second-order valence-electron chi connectivity index (χ2n) is 6.10. The average Bonchev–Trinajstić information content (AvgIpc) is 3.06. The maximum absolute atomic E-state index is 12.7. The topological polar surface area (TPSA) is 46.8 Å². The Morgan fingerprint density at radius 3 is 2.32 bits per heavy atom. The van der Waals surface area contributed by atoms with Crippen LogP contribution in [0.25, 0.3) is 16.7 Å². The largest absolute Gasteiger partial charge is 0.416 e. The molecule has 5 nitrogen and oxygen atoms in total. The van der Waals surface area contributed by atoms with Gasteiger partial charge in [-0.3, -0.25) is 0 Å². The van der Waals surface area contributed by atoms with E-state index in [0.717, 1.165) is 43.9 Å². The van der Waals surface area contributed by atoms with Crippen molar-refractivity contribution in [1.82, 2.24) is 19.7 Å². The van der Waals surface area contributed by atoms with E-state index in [1.54, 1.807) is 10.9 Å². The van der Waals surface area contributed by atoms with Crippen LogP contribution in [-0.4, -0.2) is 32.8 Å². The van der Waals surface area contributed by atoms with Crippen molar-refractivity contribution in [3.05, 3.63) is 42.4 Å². The van der Waals surface area contributed by atoms with Gasteiger partial charge in [-0.2, -0.15) is 18.3 Å². The van der Waals surface area contributed by atoms with Crippen molar-refractivity contribution in [2.24, 2.45) is 0 Å². The molecule has 0 N–H and O–H groups in total. The summed E-state index contributed by atoms with van der Waals surface area (Å²) in [5.41, 5.74) is 1.22. The van der Waals surface area contributed by atoms with E-state index in [4.69, 9.17) is 0 Å². The summed E-state index contributed by atoms with van der Waals surface area (Å²) in [6.07, 6.45) is 2.32. The van der Waals surface area contributed by atoms with Crippen molar-refractivity contribution in [1.29, 1.82) is 0 Å². The zero-order chi connectivity index (χ0) is 17.4. The summed E-state index contributed by atoms with van der Waals surface area (Å²) in [6, 6.07) is 4.92. The number of aromatic nitrogens is 4. The van der Waals surface area contributed by atoms with Gasteiger partial charge in [-0.05, 0) is 43.5 Å². The Morgan fingerprint density at radius 2 is 1.64 bits per heavy atom. The lowest BCUT2D eigenvalue weighted by Gasteiger charge is -2.27. The second-order valence-corrected chi connectivity index (χ2v) is 6.10. The van der Waals surface area contributed by atoms with Gasteiger partial charge < -0.3 is 4.90 Å². The highest BCUT2D eigenvalue weighted by Gasteiger charge is 2.30. The van der Waals surface area contributed by atoms with E-state index in [1.807, 2.05) is 0 Å². The summed E-state index contributed by atoms with van der Waals surface area (Å²) in [4.78, 5) is 10.8. The van der Waals surface area contributed by atoms with Gasteiger partial charge in [0.1, 0.15) is 11.8 Å². The summed E-state index contributed by atoms with van der Waals surface area (Å²) < 4.78 is 39.7. The minimum Gasteiger partial charge on any atom is -0.355 e. The molecule has 1 aliphatic rings. The van der Waals surface area contributed by atoms with E-state index in [-0.39, 0.29) is 0 Å². The molecule has 3 aromatic rings. The third-order valence-electron chi connectivity index (χ3n) is 4.40. The normalized spacial score (nSPS) is 15.7. The number of hydrogen-bond donors (Lipinski definition) is 0. The van der Waals surface area contributed by atoms with E-state index in [2.05, 4.69) is 20.0 Å². The van der Waals surface area contributed by atoms with Crippen LogP contribution in [0.1, 0.15) is 24.8 Å². The van der Waals surface area contributed by atoms with Gasteiger partial charge in [0.2, 0.25) is 0 Å². The van der Waals surface area contributed by atoms with Crippen LogP contribution in [0.15, 0.2) is 36.8 Å². The Morgan fingerprint density at radius 1 is 0.920 bits per heavy atom. The molecule has 0 saturated carbocycles. The van der Waals surface area contributed by atoms with Crippen LogP contribution in [0.4, 0.5) is 19.0 Å². The van der Waals surface area contributed by atoms with E-state index in [9.17, 15) is 13.2 Å². The SMILES string of the molecule is FC(F)(F)c1ccc(-n2cc3ncnc(N4CCCCC4)c3n2)cc1. The van der Waals surface area contributed by atoms with Gasteiger partial charge in [-0.25, -0.2) is 14.6 Å². The number of halogens is 3. The molecule has 130 valence electrons. The molecule has 0 spiro atoms. The summed E-state index contributed by atoms with van der Waals surface area (Å²) in [5.74, 6) is 0.787. The highest BCUT2D eigenvalue weighted by Crippen LogP contribution is 2.30. The monoisotopic (exact) mass is 347 g/mol. The standard InChI is InChI=1S/C17H16F3N5/c18-17(19,20)12-4-6-13(7-5-12)25-10-14-15(23-25)16(22-11-21-14)24-8-2-1-3-9-24/h4-7,10-11H,1-3,8-9H2. The maximum atomic E-state index is 12.7. The molecule has 0 unspecified atom stereocenters. The van der Waals surface area contributed by atoms with Gasteiger partial charge in [0.05, 0.1) is 17.4 Å². The first-order valence-electron chi connectivity index (χ1n) is 8.15. The third-order valence-corrected chi connectivity index (χ3v) is 4.40. The van der Waals surface area contributed by atoms with Gasteiger partial charge >= 0.3 is 6.18 Å². The molecule has 3 heterocycles. The highest BCUT2D eigenvalue weighted by molar-refractivity contribution is 5.85. The molecule has 8 heteroatoms. The number of fused-ring (bicyclic) bond motifs is 1. The summed E-state index contributed by atoms with van der Waals surface area (Å²) in [5, 5.41) is 4.52. The molecule has 1 saturated heterocycles. The van der Waals surface area contributed by atoms with Crippen molar-refractivity contribution >= 4 is 16.9 Å². The predicted molar refractivity (Wildman–Crippen MR) is 87.7 cm³/mol. The second kappa shape index (κ2) is 6.02. The van der Waals surface area contributed by atoms with E-state index >= 15 is 0 Å². The zero-order valence-corrected chi connectivity index (χ0v) is 13.4. The van der Waals surface area contributed by atoms with E-state index in [1.165, 1.54) is 24.9 Å². The summed E-state index contributed by atoms with van der Waals surface area (Å²) in [6.45, 7) is 1.86. The lowest BCUT2D eigenvalue weighted by molar-refractivity contribution is -0.137. The Hall–Kier alpha value is -2.64. The van der Waals surface area contributed by atoms with Crippen molar-refractivity contribution in [2.45, 2.75) is 25.4 Å². The molecular weight excluding hydrogens is 331 g/mol. The highest BCUT2D eigenvalue weighted by atomic mass is 19.4. The number of nitrogens with zero attached hydrogens (tertiary/aromatic N) is 5. The van der Waals surface area contributed by atoms with Gasteiger partial charge in [-0.1, -0.05) is 0 Å². The van der Waals surface area contributed by atoms with Crippen LogP contribution in [0.2, 0.25) is 0 Å². The Labute approximate surface area is 142 Å². The first-order valence-corrected chi connectivity index (χ1v) is 8.15. The molecule has 25 heavy (non-hydrogen) atoms. The maximum Gasteiger partial charge on any atom is 0.416 e. The molecular formula is C17H16F3N5. The van der Waals surface area contributed by atoms with Crippen molar-refractivity contribution in [2.75, 3.05) is 18.0 Å². The molecule has 4 rings (SSSR count). The Bertz CT molecular complexity index is 879. The molecule has 2 aromatic heterocycles. The van der Waals surface area contributed by atoms with Crippen LogP contribution in [-0.2, 0) is 6.18 Å². The molecule has 0 bridgehead atoms. The van der Waals surface area contributed by atoms with Gasteiger partial charge in [0.15, 0.2) is 11.3 Å². The number of benzene rings is 1. The van der Waals surface area contributed by atoms with E-state index in [0.29, 0.717) is 16.7 Å². The van der Waals surface area contributed by atoms with Gasteiger partial charge in [-0.15, -0.1) is 0 Å². The zero-order valence-electron chi connectivity index (χ0n) is 13.4. The minimum atomic E-state index is -4.35. The number of anilines is 1. The number of hydrogen-bond acceptors (Lipinski definition) is 4. The first-order chi connectivity index (χ1) is 12.0.